The molecule has 0 aliphatic rings. The molecule has 3 N–H and O–H groups in total. The van der Waals surface area contributed by atoms with Crippen LogP contribution in [0.5, 0.6) is 0 Å². The third kappa shape index (κ3) is 4.64. The molecule has 0 radical (unpaired) electrons. The van der Waals surface area contributed by atoms with Gasteiger partial charge in [0.2, 0.25) is 5.91 Å². The van der Waals surface area contributed by atoms with Gasteiger partial charge in [0, 0.05) is 29.3 Å². The third-order valence-corrected chi connectivity index (χ3v) is 4.34. The van der Waals surface area contributed by atoms with Crippen LogP contribution in [0.2, 0.25) is 0 Å². The van der Waals surface area contributed by atoms with Gasteiger partial charge in [0.25, 0.3) is 0 Å². The topological polar surface area (TPSA) is 73.5 Å². The standard InChI is InChI=1S/C21H21FN2O.H2O/c1-14-6-3-4-8-19(14)24-21(25)9-5-7-16-12-17-10-11-18(22)13-20(17)23-15(16)2;/h3-4,6,8,10-13H,5,7,9H2,1-2H3,(H,24,25);1H2. The fraction of sp³-hybridized carbons (Fsp3) is 0.238. The second kappa shape index (κ2) is 8.54. The number of nitrogens with zero attached hydrogens (tertiary/aromatic N) is 1. The molecule has 0 aliphatic carbocycles. The Balaban J connectivity index is 0.00000243. The molecule has 136 valence electrons. The Bertz CT molecular complexity index is 925. The lowest BCUT2D eigenvalue weighted by Gasteiger charge is -2.09. The SMILES string of the molecule is Cc1ccccc1NC(=O)CCCc1cc2ccc(F)cc2nc1C.O. The van der Waals surface area contributed by atoms with Gasteiger partial charge in [-0.15, -0.1) is 0 Å². The summed E-state index contributed by atoms with van der Waals surface area (Å²) in [5.41, 5.74) is 4.56. The summed E-state index contributed by atoms with van der Waals surface area (Å²) in [7, 11) is 0. The van der Waals surface area contributed by atoms with Gasteiger partial charge < -0.3 is 10.8 Å². The fourth-order valence-corrected chi connectivity index (χ4v) is 2.90. The zero-order chi connectivity index (χ0) is 17.8. The van der Waals surface area contributed by atoms with Crippen molar-refractivity contribution in [2.24, 2.45) is 0 Å². The molecular formula is C21H23FN2O2. The van der Waals surface area contributed by atoms with Gasteiger partial charge in [0.05, 0.1) is 5.52 Å². The van der Waals surface area contributed by atoms with Gasteiger partial charge in [-0.05, 0) is 62.1 Å². The first-order valence-electron chi connectivity index (χ1n) is 8.44. The van der Waals surface area contributed by atoms with Crippen LogP contribution < -0.4 is 5.32 Å². The average molecular weight is 354 g/mol. The van der Waals surface area contributed by atoms with Crippen molar-refractivity contribution in [2.75, 3.05) is 5.32 Å². The number of hydrogen-bond donors (Lipinski definition) is 1. The first-order chi connectivity index (χ1) is 12.0. The Morgan fingerprint density at radius 2 is 1.88 bits per heavy atom. The number of pyridine rings is 1. The second-order valence-electron chi connectivity index (χ2n) is 6.29. The Morgan fingerprint density at radius 3 is 2.65 bits per heavy atom. The summed E-state index contributed by atoms with van der Waals surface area (Å²) in [6.07, 6.45) is 1.97. The lowest BCUT2D eigenvalue weighted by molar-refractivity contribution is -0.116. The number of para-hydroxylation sites is 1. The number of fused-ring (bicyclic) bond motifs is 1. The van der Waals surface area contributed by atoms with Crippen molar-refractivity contribution in [2.45, 2.75) is 33.1 Å². The maximum Gasteiger partial charge on any atom is 0.224 e. The zero-order valence-corrected chi connectivity index (χ0v) is 15.0. The Hall–Kier alpha value is -2.79. The number of anilines is 1. The molecule has 0 aliphatic heterocycles. The molecule has 0 bridgehead atoms. The Labute approximate surface area is 152 Å². The molecule has 3 rings (SSSR count). The molecule has 3 aromatic rings. The molecule has 0 fully saturated rings. The minimum atomic E-state index is -0.278. The van der Waals surface area contributed by atoms with Crippen molar-refractivity contribution >= 4 is 22.5 Å². The van der Waals surface area contributed by atoms with Crippen LogP contribution in [0.3, 0.4) is 0 Å². The van der Waals surface area contributed by atoms with E-state index in [1.807, 2.05) is 44.2 Å². The minimum Gasteiger partial charge on any atom is -0.412 e. The number of carbonyl (C=O) groups excluding carboxylic acids is 1. The molecule has 0 saturated carbocycles. The summed E-state index contributed by atoms with van der Waals surface area (Å²) in [5, 5.41) is 3.87. The van der Waals surface area contributed by atoms with E-state index in [-0.39, 0.29) is 17.2 Å². The number of amides is 1. The second-order valence-corrected chi connectivity index (χ2v) is 6.29. The van der Waals surface area contributed by atoms with E-state index in [2.05, 4.69) is 10.3 Å². The van der Waals surface area contributed by atoms with Gasteiger partial charge in [-0.3, -0.25) is 9.78 Å². The van der Waals surface area contributed by atoms with Gasteiger partial charge in [-0.2, -0.15) is 0 Å². The minimum absolute atomic E-state index is 0. The summed E-state index contributed by atoms with van der Waals surface area (Å²) in [5.74, 6) is -0.261. The van der Waals surface area contributed by atoms with Crippen molar-refractivity contribution in [3.8, 4) is 0 Å². The summed E-state index contributed by atoms with van der Waals surface area (Å²) in [6.45, 7) is 3.90. The van der Waals surface area contributed by atoms with Gasteiger partial charge >= 0.3 is 0 Å². The van der Waals surface area contributed by atoms with Crippen molar-refractivity contribution in [3.05, 3.63) is 71.2 Å². The molecule has 2 aromatic carbocycles. The number of aryl methyl sites for hydroxylation is 3. The Kier molecular flexibility index (Phi) is 6.41. The molecule has 5 heteroatoms. The molecule has 4 nitrogen and oxygen atoms in total. The van der Waals surface area contributed by atoms with Crippen LogP contribution in [0, 0.1) is 19.7 Å². The van der Waals surface area contributed by atoms with Crippen LogP contribution in [0.1, 0.15) is 29.7 Å². The Morgan fingerprint density at radius 1 is 1.12 bits per heavy atom. The van der Waals surface area contributed by atoms with E-state index in [9.17, 15) is 9.18 Å². The van der Waals surface area contributed by atoms with Crippen LogP contribution in [0.15, 0.2) is 48.5 Å². The predicted octanol–water partition coefficient (Wildman–Crippen LogP) is 4.13. The summed E-state index contributed by atoms with van der Waals surface area (Å²) < 4.78 is 13.3. The van der Waals surface area contributed by atoms with Gasteiger partial charge in [0.1, 0.15) is 5.82 Å². The molecule has 1 amide bonds. The van der Waals surface area contributed by atoms with Crippen LogP contribution in [0.4, 0.5) is 10.1 Å². The van der Waals surface area contributed by atoms with E-state index in [4.69, 9.17) is 0 Å². The van der Waals surface area contributed by atoms with Crippen molar-refractivity contribution in [1.29, 1.82) is 0 Å². The first kappa shape index (κ1) is 19.5. The highest BCUT2D eigenvalue weighted by Gasteiger charge is 2.07. The molecule has 1 aromatic heterocycles. The first-order valence-corrected chi connectivity index (χ1v) is 8.44. The molecule has 0 spiro atoms. The maximum atomic E-state index is 13.3. The quantitative estimate of drug-likeness (QED) is 0.748. The molecule has 0 atom stereocenters. The van der Waals surface area contributed by atoms with Crippen LogP contribution in [0.25, 0.3) is 10.9 Å². The largest absolute Gasteiger partial charge is 0.412 e. The van der Waals surface area contributed by atoms with Crippen LogP contribution >= 0.6 is 0 Å². The fourth-order valence-electron chi connectivity index (χ4n) is 2.90. The highest BCUT2D eigenvalue weighted by atomic mass is 19.1. The highest BCUT2D eigenvalue weighted by molar-refractivity contribution is 5.91. The molecular weight excluding hydrogens is 331 g/mol. The maximum absolute atomic E-state index is 13.3. The molecule has 26 heavy (non-hydrogen) atoms. The predicted molar refractivity (Wildman–Crippen MR) is 103 cm³/mol. The number of carbonyl (C=O) groups is 1. The van der Waals surface area contributed by atoms with Crippen molar-refractivity contribution < 1.29 is 14.7 Å². The van der Waals surface area contributed by atoms with E-state index >= 15 is 0 Å². The average Bonchev–Trinajstić information content (AvgIpc) is 2.57. The summed E-state index contributed by atoms with van der Waals surface area (Å²) in [4.78, 5) is 16.6. The highest BCUT2D eigenvalue weighted by Crippen LogP contribution is 2.19. The van der Waals surface area contributed by atoms with Crippen LogP contribution in [-0.2, 0) is 11.2 Å². The zero-order valence-electron chi connectivity index (χ0n) is 15.0. The molecule has 0 unspecified atom stereocenters. The molecule has 0 saturated heterocycles. The number of benzene rings is 2. The van der Waals surface area contributed by atoms with E-state index in [0.717, 1.165) is 40.7 Å². The molecule has 1 heterocycles. The van der Waals surface area contributed by atoms with Crippen LogP contribution in [-0.4, -0.2) is 16.4 Å². The lowest BCUT2D eigenvalue weighted by atomic mass is 10.0. The van der Waals surface area contributed by atoms with E-state index in [1.54, 1.807) is 6.07 Å². The number of rotatable bonds is 5. The van der Waals surface area contributed by atoms with E-state index < -0.39 is 0 Å². The van der Waals surface area contributed by atoms with E-state index in [0.29, 0.717) is 11.9 Å². The van der Waals surface area contributed by atoms with Gasteiger partial charge in [-0.25, -0.2) is 4.39 Å². The number of aromatic nitrogens is 1. The normalized spacial score (nSPS) is 10.4. The number of hydrogen-bond acceptors (Lipinski definition) is 2. The summed E-state index contributed by atoms with van der Waals surface area (Å²) >= 11 is 0. The number of nitrogens with one attached hydrogen (secondary N) is 1. The van der Waals surface area contributed by atoms with Gasteiger partial charge in [-0.1, -0.05) is 18.2 Å². The van der Waals surface area contributed by atoms with Gasteiger partial charge in [0.15, 0.2) is 0 Å². The number of halogens is 1. The van der Waals surface area contributed by atoms with Crippen molar-refractivity contribution in [1.82, 2.24) is 4.98 Å². The summed E-state index contributed by atoms with van der Waals surface area (Å²) in [6, 6.07) is 14.4. The smallest absolute Gasteiger partial charge is 0.224 e. The van der Waals surface area contributed by atoms with E-state index in [1.165, 1.54) is 12.1 Å². The third-order valence-electron chi connectivity index (χ3n) is 4.34. The monoisotopic (exact) mass is 354 g/mol. The lowest BCUT2D eigenvalue weighted by Crippen LogP contribution is -2.12. The van der Waals surface area contributed by atoms with Crippen molar-refractivity contribution in [3.63, 3.8) is 0 Å².